The van der Waals surface area contributed by atoms with Gasteiger partial charge in [0.1, 0.15) is 11.9 Å². The van der Waals surface area contributed by atoms with E-state index in [4.69, 9.17) is 16.2 Å². The molecule has 1 aromatic rings. The van der Waals surface area contributed by atoms with Crippen LogP contribution in [0.3, 0.4) is 0 Å². The van der Waals surface area contributed by atoms with Crippen LogP contribution in [0.1, 0.15) is 5.56 Å². The van der Waals surface area contributed by atoms with Crippen molar-refractivity contribution < 1.29 is 22.3 Å². The van der Waals surface area contributed by atoms with Crippen molar-refractivity contribution in [1.29, 1.82) is 0 Å². The first-order valence-electron chi connectivity index (χ1n) is 6.25. The first-order valence-corrected chi connectivity index (χ1v) is 7.69. The van der Waals surface area contributed by atoms with E-state index in [-0.39, 0.29) is 36.8 Å². The van der Waals surface area contributed by atoms with Crippen LogP contribution in [0.4, 0.5) is 4.39 Å². The molecule has 21 heavy (non-hydrogen) atoms. The van der Waals surface area contributed by atoms with Gasteiger partial charge < -0.3 is 16.2 Å². The van der Waals surface area contributed by atoms with Gasteiger partial charge in [-0.1, -0.05) is 0 Å². The number of hydrogen-bond donors (Lipinski definition) is 2. The van der Waals surface area contributed by atoms with Crippen LogP contribution in [0.25, 0.3) is 0 Å². The molecule has 1 aliphatic rings. The van der Waals surface area contributed by atoms with Gasteiger partial charge >= 0.3 is 0 Å². The monoisotopic (exact) mass is 317 g/mol. The number of sulfonamides is 1. The number of morpholine rings is 1. The maximum atomic E-state index is 13.4. The number of ether oxygens (including phenoxy) is 1. The van der Waals surface area contributed by atoms with Crippen molar-refractivity contribution >= 4 is 15.9 Å². The SMILES string of the molecule is NCc1cc(S(=O)(=O)N2CCOCC2C(N)=O)ccc1F. The van der Waals surface area contributed by atoms with Crippen molar-refractivity contribution in [3.8, 4) is 0 Å². The quantitative estimate of drug-likeness (QED) is 0.751. The summed E-state index contributed by atoms with van der Waals surface area (Å²) in [6, 6.07) is 2.26. The molecule has 1 fully saturated rings. The van der Waals surface area contributed by atoms with Gasteiger partial charge in [0.15, 0.2) is 0 Å². The summed E-state index contributed by atoms with van der Waals surface area (Å²) >= 11 is 0. The summed E-state index contributed by atoms with van der Waals surface area (Å²) in [5.41, 5.74) is 10.7. The van der Waals surface area contributed by atoms with E-state index in [0.29, 0.717) is 0 Å². The van der Waals surface area contributed by atoms with Crippen LogP contribution in [0.2, 0.25) is 0 Å². The minimum atomic E-state index is -3.98. The lowest BCUT2D eigenvalue weighted by Crippen LogP contribution is -2.54. The van der Waals surface area contributed by atoms with Crippen molar-refractivity contribution in [2.45, 2.75) is 17.5 Å². The van der Waals surface area contributed by atoms with Gasteiger partial charge in [0, 0.05) is 18.7 Å². The molecule has 7 nitrogen and oxygen atoms in total. The molecule has 1 unspecified atom stereocenters. The Balaban J connectivity index is 2.42. The number of amides is 1. The lowest BCUT2D eigenvalue weighted by atomic mass is 10.2. The Morgan fingerprint density at radius 3 is 2.81 bits per heavy atom. The normalized spacial score (nSPS) is 20.4. The van der Waals surface area contributed by atoms with Crippen LogP contribution in [0, 0.1) is 5.82 Å². The predicted octanol–water partition coefficient (Wildman–Crippen LogP) is -0.841. The average molecular weight is 317 g/mol. The summed E-state index contributed by atoms with van der Waals surface area (Å²) in [6.07, 6.45) is 0. The molecule has 0 bridgehead atoms. The number of halogens is 1. The Morgan fingerprint density at radius 2 is 2.19 bits per heavy atom. The van der Waals surface area contributed by atoms with E-state index < -0.39 is 27.8 Å². The number of hydrogen-bond acceptors (Lipinski definition) is 5. The zero-order chi connectivity index (χ0) is 15.6. The van der Waals surface area contributed by atoms with E-state index >= 15 is 0 Å². The molecule has 0 aliphatic carbocycles. The molecular formula is C12H16FN3O4S. The highest BCUT2D eigenvalue weighted by atomic mass is 32.2. The Hall–Kier alpha value is -1.55. The van der Waals surface area contributed by atoms with E-state index in [1.165, 1.54) is 0 Å². The third-order valence-corrected chi connectivity index (χ3v) is 5.16. The number of primary amides is 1. The highest BCUT2D eigenvalue weighted by Crippen LogP contribution is 2.22. The van der Waals surface area contributed by atoms with Gasteiger partial charge in [-0.15, -0.1) is 0 Å². The molecule has 116 valence electrons. The molecule has 1 aliphatic heterocycles. The average Bonchev–Trinajstić information content (AvgIpc) is 2.47. The molecule has 1 atom stereocenters. The second kappa shape index (κ2) is 6.06. The smallest absolute Gasteiger partial charge is 0.243 e. The number of benzene rings is 1. The highest BCUT2D eigenvalue weighted by molar-refractivity contribution is 7.89. The van der Waals surface area contributed by atoms with Gasteiger partial charge in [-0.3, -0.25) is 4.79 Å². The van der Waals surface area contributed by atoms with E-state index in [0.717, 1.165) is 22.5 Å². The van der Waals surface area contributed by atoms with Crippen LogP contribution in [-0.2, 0) is 26.1 Å². The minimum absolute atomic E-state index is 0.00523. The fourth-order valence-corrected chi connectivity index (χ4v) is 3.72. The van der Waals surface area contributed by atoms with Gasteiger partial charge in [0.2, 0.25) is 15.9 Å². The molecule has 0 spiro atoms. The summed E-state index contributed by atoms with van der Waals surface area (Å²) in [5, 5.41) is 0. The number of carbonyl (C=O) groups excluding carboxylic acids is 1. The third kappa shape index (κ3) is 3.05. The third-order valence-electron chi connectivity index (χ3n) is 3.25. The zero-order valence-electron chi connectivity index (χ0n) is 11.2. The first-order chi connectivity index (χ1) is 9.87. The maximum absolute atomic E-state index is 13.4. The molecule has 1 aromatic carbocycles. The molecule has 1 heterocycles. The van der Waals surface area contributed by atoms with E-state index in [9.17, 15) is 17.6 Å². The van der Waals surface area contributed by atoms with E-state index in [1.807, 2.05) is 0 Å². The summed E-state index contributed by atoms with van der Waals surface area (Å²) in [7, 11) is -3.98. The van der Waals surface area contributed by atoms with Gasteiger partial charge in [-0.05, 0) is 18.2 Å². The first kappa shape index (κ1) is 15.8. The number of rotatable bonds is 4. The van der Waals surface area contributed by atoms with Gasteiger partial charge in [-0.25, -0.2) is 12.8 Å². The number of carbonyl (C=O) groups is 1. The summed E-state index contributed by atoms with van der Waals surface area (Å²) < 4.78 is 44.6. The highest BCUT2D eigenvalue weighted by Gasteiger charge is 2.37. The summed E-state index contributed by atoms with van der Waals surface area (Å²) in [4.78, 5) is 11.2. The zero-order valence-corrected chi connectivity index (χ0v) is 12.0. The minimum Gasteiger partial charge on any atom is -0.378 e. The molecule has 0 radical (unpaired) electrons. The van der Waals surface area contributed by atoms with Crippen LogP contribution in [0.15, 0.2) is 23.1 Å². The molecule has 9 heteroatoms. The Bertz CT molecular complexity index is 650. The summed E-state index contributed by atoms with van der Waals surface area (Å²) in [6.45, 7) is -0.0592. The lowest BCUT2D eigenvalue weighted by Gasteiger charge is -2.32. The van der Waals surface area contributed by atoms with Gasteiger partial charge in [0.05, 0.1) is 18.1 Å². The van der Waals surface area contributed by atoms with Crippen LogP contribution in [-0.4, -0.2) is 44.4 Å². The van der Waals surface area contributed by atoms with Gasteiger partial charge in [0.25, 0.3) is 0 Å². The van der Waals surface area contributed by atoms with Crippen LogP contribution >= 0.6 is 0 Å². The fourth-order valence-electron chi connectivity index (χ4n) is 2.10. The van der Waals surface area contributed by atoms with Crippen LogP contribution < -0.4 is 11.5 Å². The number of nitrogens with zero attached hydrogens (tertiary/aromatic N) is 1. The van der Waals surface area contributed by atoms with Crippen molar-refractivity contribution in [3.63, 3.8) is 0 Å². The number of nitrogens with two attached hydrogens (primary N) is 2. The largest absolute Gasteiger partial charge is 0.378 e. The predicted molar refractivity (Wildman–Crippen MR) is 72.0 cm³/mol. The molecule has 4 N–H and O–H groups in total. The standard InChI is InChI=1S/C12H16FN3O4S/c13-10-2-1-9(5-8(10)6-14)21(18,19)16-3-4-20-7-11(16)12(15)17/h1-2,5,11H,3-4,6-7,14H2,(H2,15,17). The Kier molecular flexibility index (Phi) is 4.57. The molecule has 0 aromatic heterocycles. The van der Waals surface area contributed by atoms with Crippen molar-refractivity contribution in [2.24, 2.45) is 11.5 Å². The summed E-state index contributed by atoms with van der Waals surface area (Å²) in [5.74, 6) is -1.37. The van der Waals surface area contributed by atoms with Crippen molar-refractivity contribution in [2.75, 3.05) is 19.8 Å². The second-order valence-electron chi connectivity index (χ2n) is 4.57. The molecule has 2 rings (SSSR count). The van der Waals surface area contributed by atoms with E-state index in [2.05, 4.69) is 0 Å². The molecule has 1 amide bonds. The van der Waals surface area contributed by atoms with Crippen molar-refractivity contribution in [3.05, 3.63) is 29.6 Å². The van der Waals surface area contributed by atoms with Gasteiger partial charge in [-0.2, -0.15) is 4.31 Å². The Labute approximate surface area is 121 Å². The second-order valence-corrected chi connectivity index (χ2v) is 6.46. The van der Waals surface area contributed by atoms with E-state index in [1.54, 1.807) is 0 Å². The van der Waals surface area contributed by atoms with Crippen LogP contribution in [0.5, 0.6) is 0 Å². The lowest BCUT2D eigenvalue weighted by molar-refractivity contribution is -0.125. The molecule has 1 saturated heterocycles. The molecular weight excluding hydrogens is 301 g/mol. The van der Waals surface area contributed by atoms with Crippen molar-refractivity contribution in [1.82, 2.24) is 4.31 Å². The topological polar surface area (TPSA) is 116 Å². The fraction of sp³-hybridized carbons (Fsp3) is 0.417. The molecule has 0 saturated carbocycles. The Morgan fingerprint density at radius 1 is 1.48 bits per heavy atom. The maximum Gasteiger partial charge on any atom is 0.243 e.